The Morgan fingerprint density at radius 3 is 2.95 bits per heavy atom. The second kappa shape index (κ2) is 7.09. The summed E-state index contributed by atoms with van der Waals surface area (Å²) in [4.78, 5) is 4.58. The van der Waals surface area contributed by atoms with Gasteiger partial charge < -0.3 is 10.5 Å². The molecule has 0 aliphatic carbocycles. The highest BCUT2D eigenvalue weighted by Gasteiger charge is 2.14. The highest BCUT2D eigenvalue weighted by atomic mass is 35.5. The van der Waals surface area contributed by atoms with Gasteiger partial charge in [-0.25, -0.2) is 0 Å². The van der Waals surface area contributed by atoms with Gasteiger partial charge in [-0.1, -0.05) is 17.7 Å². The van der Waals surface area contributed by atoms with Crippen LogP contribution in [0, 0.1) is 11.3 Å². The molecule has 1 fully saturated rings. The lowest BCUT2D eigenvalue weighted by Crippen LogP contribution is -2.18. The van der Waals surface area contributed by atoms with E-state index in [0.717, 1.165) is 31.4 Å². The summed E-state index contributed by atoms with van der Waals surface area (Å²) in [5, 5.41) is 9.30. The predicted molar refractivity (Wildman–Crippen MR) is 79.6 cm³/mol. The maximum absolute atomic E-state index is 8.89. The van der Waals surface area contributed by atoms with Gasteiger partial charge in [0.1, 0.15) is 12.3 Å². The molecule has 1 aromatic carbocycles. The third-order valence-corrected chi connectivity index (χ3v) is 3.39. The Hall–Kier alpha value is -1.83. The molecule has 2 rings (SSSR count). The maximum atomic E-state index is 8.89. The van der Waals surface area contributed by atoms with Crippen LogP contribution < -0.4 is 5.73 Å². The molecule has 2 N–H and O–H groups in total. The molecule has 20 heavy (non-hydrogen) atoms. The summed E-state index contributed by atoms with van der Waals surface area (Å²) < 4.78 is 5.60. The second-order valence-corrected chi connectivity index (χ2v) is 4.91. The zero-order valence-corrected chi connectivity index (χ0v) is 11.8. The van der Waals surface area contributed by atoms with Crippen molar-refractivity contribution in [2.75, 3.05) is 6.61 Å². The number of nitriles is 1. The highest BCUT2D eigenvalue weighted by Crippen LogP contribution is 2.20. The van der Waals surface area contributed by atoms with Gasteiger partial charge in [-0.05, 0) is 43.7 Å². The first-order chi connectivity index (χ1) is 9.74. The van der Waals surface area contributed by atoms with E-state index in [9.17, 15) is 0 Å². The average Bonchev–Trinajstić information content (AvgIpc) is 2.48. The molecule has 0 bridgehead atoms. The van der Waals surface area contributed by atoms with Gasteiger partial charge in [-0.15, -0.1) is 0 Å². The normalized spacial score (nSPS) is 20.0. The third kappa shape index (κ3) is 3.60. The Labute approximate surface area is 123 Å². The molecule has 1 saturated heterocycles. The number of nitrogens with two attached hydrogens (primary N) is 1. The smallest absolute Gasteiger partial charge is 0.149 e. The van der Waals surface area contributed by atoms with Crippen LogP contribution in [-0.4, -0.2) is 18.5 Å². The van der Waals surface area contributed by atoms with Crippen LogP contribution in [0.1, 0.15) is 30.4 Å². The predicted octanol–water partition coefficient (Wildman–Crippen LogP) is 3.00. The summed E-state index contributed by atoms with van der Waals surface area (Å²) in [7, 11) is 0. The Balaban J connectivity index is 2.30. The summed E-state index contributed by atoms with van der Waals surface area (Å²) in [5.41, 5.74) is 7.46. The van der Waals surface area contributed by atoms with Gasteiger partial charge in [0, 0.05) is 12.2 Å². The van der Waals surface area contributed by atoms with Crippen molar-refractivity contribution in [3.63, 3.8) is 0 Å². The topological polar surface area (TPSA) is 71.4 Å². The van der Waals surface area contributed by atoms with Crippen LogP contribution in [0.3, 0.4) is 0 Å². The molecule has 1 aromatic rings. The van der Waals surface area contributed by atoms with Gasteiger partial charge in [0.05, 0.1) is 16.3 Å². The van der Waals surface area contributed by atoms with E-state index in [0.29, 0.717) is 16.3 Å². The number of ether oxygens (including phenoxy) is 1. The molecule has 0 radical (unpaired) electrons. The molecule has 0 aromatic heterocycles. The van der Waals surface area contributed by atoms with Crippen LogP contribution in [0.2, 0.25) is 5.02 Å². The van der Waals surface area contributed by atoms with Crippen molar-refractivity contribution >= 4 is 17.3 Å². The summed E-state index contributed by atoms with van der Waals surface area (Å²) >= 11 is 6.05. The Morgan fingerprint density at radius 2 is 2.35 bits per heavy atom. The molecule has 0 amide bonds. The Bertz CT molecular complexity index is 569. The first-order valence-electron chi connectivity index (χ1n) is 6.52. The van der Waals surface area contributed by atoms with Gasteiger partial charge in [0.2, 0.25) is 0 Å². The molecular formula is C15H16ClN3O. The minimum Gasteiger partial charge on any atom is -0.405 e. The summed E-state index contributed by atoms with van der Waals surface area (Å²) in [6, 6.07) is 7.25. The van der Waals surface area contributed by atoms with Gasteiger partial charge in [-0.2, -0.15) is 5.26 Å². The zero-order valence-electron chi connectivity index (χ0n) is 11.1. The Morgan fingerprint density at radius 1 is 1.50 bits per heavy atom. The quantitative estimate of drug-likeness (QED) is 0.870. The monoisotopic (exact) mass is 289 g/mol. The SMILES string of the molecule is N#Cc1ccc(C(C=CN)=NC2CCCCO2)cc1Cl. The highest BCUT2D eigenvalue weighted by molar-refractivity contribution is 6.32. The third-order valence-electron chi connectivity index (χ3n) is 3.08. The zero-order chi connectivity index (χ0) is 14.4. The largest absolute Gasteiger partial charge is 0.405 e. The first kappa shape index (κ1) is 14.6. The number of hydrogen-bond donors (Lipinski definition) is 1. The molecular weight excluding hydrogens is 274 g/mol. The van der Waals surface area contributed by atoms with Gasteiger partial charge in [-0.3, -0.25) is 4.99 Å². The number of nitrogens with zero attached hydrogens (tertiary/aromatic N) is 2. The molecule has 4 nitrogen and oxygen atoms in total. The maximum Gasteiger partial charge on any atom is 0.149 e. The van der Waals surface area contributed by atoms with Crippen molar-refractivity contribution in [3.05, 3.63) is 46.6 Å². The minimum atomic E-state index is -0.135. The fourth-order valence-electron chi connectivity index (χ4n) is 2.05. The molecule has 104 valence electrons. The number of halogens is 1. The van der Waals surface area contributed by atoms with Crippen molar-refractivity contribution < 1.29 is 4.74 Å². The molecule has 0 spiro atoms. The lowest BCUT2D eigenvalue weighted by Gasteiger charge is -2.19. The molecule has 1 aliphatic rings. The number of rotatable bonds is 3. The van der Waals surface area contributed by atoms with Crippen LogP contribution in [0.5, 0.6) is 0 Å². The van der Waals surface area contributed by atoms with Crippen LogP contribution in [0.25, 0.3) is 0 Å². The van der Waals surface area contributed by atoms with E-state index < -0.39 is 0 Å². The first-order valence-corrected chi connectivity index (χ1v) is 6.90. The summed E-state index contributed by atoms with van der Waals surface area (Å²) in [6.45, 7) is 0.738. The van der Waals surface area contributed by atoms with Crippen LogP contribution >= 0.6 is 11.6 Å². The second-order valence-electron chi connectivity index (χ2n) is 4.50. The van der Waals surface area contributed by atoms with E-state index in [4.69, 9.17) is 27.3 Å². The Kier molecular flexibility index (Phi) is 5.16. The fraction of sp³-hybridized carbons (Fsp3) is 0.333. The van der Waals surface area contributed by atoms with E-state index in [1.165, 1.54) is 6.20 Å². The summed E-state index contributed by atoms with van der Waals surface area (Å²) in [5.74, 6) is 0. The average molecular weight is 290 g/mol. The lowest BCUT2D eigenvalue weighted by molar-refractivity contribution is 0.0224. The van der Waals surface area contributed by atoms with Crippen LogP contribution in [0.15, 0.2) is 35.5 Å². The van der Waals surface area contributed by atoms with E-state index in [2.05, 4.69) is 4.99 Å². The molecule has 1 unspecified atom stereocenters. The molecule has 1 heterocycles. The minimum absolute atomic E-state index is 0.135. The molecule has 0 saturated carbocycles. The summed E-state index contributed by atoms with van der Waals surface area (Å²) in [6.07, 6.45) is 6.12. The van der Waals surface area contributed by atoms with E-state index >= 15 is 0 Å². The standard InChI is InChI=1S/C15H16ClN3O/c16-13-9-11(4-5-12(13)10-18)14(6-7-17)19-15-3-1-2-8-20-15/h4-7,9,15H,1-3,8,17H2. The molecule has 1 aliphatic heterocycles. The van der Waals surface area contributed by atoms with Gasteiger partial charge >= 0.3 is 0 Å². The molecule has 5 heteroatoms. The van der Waals surface area contributed by atoms with Crippen molar-refractivity contribution in [1.82, 2.24) is 0 Å². The lowest BCUT2D eigenvalue weighted by atomic mass is 10.1. The van der Waals surface area contributed by atoms with Gasteiger partial charge in [0.25, 0.3) is 0 Å². The number of allylic oxidation sites excluding steroid dienone is 1. The fourth-order valence-corrected chi connectivity index (χ4v) is 2.27. The van der Waals surface area contributed by atoms with Crippen molar-refractivity contribution in [2.45, 2.75) is 25.5 Å². The van der Waals surface area contributed by atoms with E-state index in [-0.39, 0.29) is 6.23 Å². The number of benzene rings is 1. The van der Waals surface area contributed by atoms with Crippen molar-refractivity contribution in [3.8, 4) is 6.07 Å². The van der Waals surface area contributed by atoms with E-state index in [1.807, 2.05) is 12.1 Å². The molecule has 1 atom stereocenters. The van der Waals surface area contributed by atoms with Crippen LogP contribution in [0.4, 0.5) is 0 Å². The number of hydrogen-bond acceptors (Lipinski definition) is 4. The van der Waals surface area contributed by atoms with Gasteiger partial charge in [0.15, 0.2) is 0 Å². The van der Waals surface area contributed by atoms with E-state index in [1.54, 1.807) is 18.2 Å². The van der Waals surface area contributed by atoms with Crippen molar-refractivity contribution in [2.24, 2.45) is 10.7 Å². The number of aliphatic imine (C=N–C) groups is 1. The van der Waals surface area contributed by atoms with Crippen LogP contribution in [-0.2, 0) is 4.74 Å². The van der Waals surface area contributed by atoms with Crippen molar-refractivity contribution in [1.29, 1.82) is 5.26 Å².